The lowest BCUT2D eigenvalue weighted by molar-refractivity contribution is 0.0686. The Kier molecular flexibility index (Phi) is 2.95. The molecule has 0 aliphatic heterocycles. The summed E-state index contributed by atoms with van der Waals surface area (Å²) in [5.74, 6) is -0.252. The molecular formula is C13H13NO3. The van der Waals surface area contributed by atoms with Gasteiger partial charge in [-0.15, -0.1) is 0 Å². The molecule has 1 aromatic heterocycles. The van der Waals surface area contributed by atoms with Gasteiger partial charge in [0.2, 0.25) is 0 Å². The van der Waals surface area contributed by atoms with Crippen molar-refractivity contribution in [3.63, 3.8) is 0 Å². The maximum absolute atomic E-state index is 10.7. The number of hydrogen-bond donors (Lipinski definition) is 1. The Hall–Kier alpha value is -2.10. The fourth-order valence-electron chi connectivity index (χ4n) is 1.73. The summed E-state index contributed by atoms with van der Waals surface area (Å²) in [5.41, 5.74) is 1.93. The highest BCUT2D eigenvalue weighted by atomic mass is 16.5. The molecule has 2 rings (SSSR count). The fraction of sp³-hybridized carbons (Fsp3) is 0.231. The molecular weight excluding hydrogens is 218 g/mol. The SMILES string of the molecule is CC(C)c1ccccc1-c1cc(C(=O)O)no1. The normalized spacial score (nSPS) is 10.8. The van der Waals surface area contributed by atoms with Crippen LogP contribution in [0.5, 0.6) is 0 Å². The van der Waals surface area contributed by atoms with Crippen molar-refractivity contribution in [1.29, 1.82) is 0 Å². The van der Waals surface area contributed by atoms with Crippen molar-refractivity contribution in [2.45, 2.75) is 19.8 Å². The summed E-state index contributed by atoms with van der Waals surface area (Å²) in [6.07, 6.45) is 0. The maximum atomic E-state index is 10.7. The van der Waals surface area contributed by atoms with Crippen LogP contribution >= 0.6 is 0 Å². The number of aromatic nitrogens is 1. The van der Waals surface area contributed by atoms with Gasteiger partial charge in [0.1, 0.15) is 0 Å². The van der Waals surface area contributed by atoms with E-state index >= 15 is 0 Å². The molecule has 0 atom stereocenters. The predicted octanol–water partition coefficient (Wildman–Crippen LogP) is 3.16. The smallest absolute Gasteiger partial charge is 0.358 e. The summed E-state index contributed by atoms with van der Waals surface area (Å²) in [7, 11) is 0. The van der Waals surface area contributed by atoms with Gasteiger partial charge in [-0.25, -0.2) is 4.79 Å². The highest BCUT2D eigenvalue weighted by molar-refractivity contribution is 5.86. The number of nitrogens with zero attached hydrogens (tertiary/aromatic N) is 1. The van der Waals surface area contributed by atoms with Crippen LogP contribution in [0.4, 0.5) is 0 Å². The van der Waals surface area contributed by atoms with E-state index < -0.39 is 5.97 Å². The zero-order valence-corrected chi connectivity index (χ0v) is 9.68. The third-order valence-corrected chi connectivity index (χ3v) is 2.58. The van der Waals surface area contributed by atoms with Crippen molar-refractivity contribution < 1.29 is 14.4 Å². The van der Waals surface area contributed by atoms with E-state index in [2.05, 4.69) is 19.0 Å². The molecule has 0 unspecified atom stereocenters. The van der Waals surface area contributed by atoms with Gasteiger partial charge in [0.25, 0.3) is 0 Å². The van der Waals surface area contributed by atoms with Crippen LogP contribution in [0.2, 0.25) is 0 Å². The number of carboxylic acid groups (broad SMARTS) is 1. The van der Waals surface area contributed by atoms with Crippen LogP contribution in [0.1, 0.15) is 35.8 Å². The van der Waals surface area contributed by atoms with Gasteiger partial charge in [-0.3, -0.25) is 0 Å². The highest BCUT2D eigenvalue weighted by Gasteiger charge is 2.15. The number of aromatic carboxylic acids is 1. The molecule has 0 aliphatic carbocycles. The first kappa shape index (κ1) is 11.4. The third-order valence-electron chi connectivity index (χ3n) is 2.58. The first-order valence-corrected chi connectivity index (χ1v) is 5.39. The second-order valence-corrected chi connectivity index (χ2v) is 4.12. The molecule has 88 valence electrons. The summed E-state index contributed by atoms with van der Waals surface area (Å²) in [5, 5.41) is 12.3. The number of benzene rings is 1. The van der Waals surface area contributed by atoms with Crippen molar-refractivity contribution >= 4 is 5.97 Å². The average Bonchev–Trinajstić information content (AvgIpc) is 2.78. The predicted molar refractivity (Wildman–Crippen MR) is 63.0 cm³/mol. The zero-order valence-electron chi connectivity index (χ0n) is 9.68. The Morgan fingerprint density at radius 2 is 2.06 bits per heavy atom. The van der Waals surface area contributed by atoms with Gasteiger partial charge in [-0.2, -0.15) is 0 Å². The second kappa shape index (κ2) is 4.41. The molecule has 2 aromatic rings. The van der Waals surface area contributed by atoms with Gasteiger partial charge in [0.15, 0.2) is 11.5 Å². The summed E-state index contributed by atoms with van der Waals surface area (Å²) in [6.45, 7) is 4.15. The molecule has 0 bridgehead atoms. The van der Waals surface area contributed by atoms with Crippen LogP contribution < -0.4 is 0 Å². The molecule has 0 amide bonds. The topological polar surface area (TPSA) is 63.3 Å². The Morgan fingerprint density at radius 3 is 2.65 bits per heavy atom. The van der Waals surface area contributed by atoms with Crippen molar-refractivity contribution in [3.8, 4) is 11.3 Å². The molecule has 0 aliphatic rings. The van der Waals surface area contributed by atoms with Crippen LogP contribution in [0.3, 0.4) is 0 Å². The van der Waals surface area contributed by atoms with E-state index in [4.69, 9.17) is 9.63 Å². The van der Waals surface area contributed by atoms with E-state index in [9.17, 15) is 4.79 Å². The molecule has 0 saturated heterocycles. The van der Waals surface area contributed by atoms with Crippen molar-refractivity contribution in [2.24, 2.45) is 0 Å². The lowest BCUT2D eigenvalue weighted by atomic mass is 9.96. The molecule has 17 heavy (non-hydrogen) atoms. The summed E-state index contributed by atoms with van der Waals surface area (Å²) < 4.78 is 5.07. The molecule has 0 saturated carbocycles. The standard InChI is InChI=1S/C13H13NO3/c1-8(2)9-5-3-4-6-10(9)12-7-11(13(15)16)14-17-12/h3-8H,1-2H3,(H,15,16). The van der Waals surface area contributed by atoms with Crippen LogP contribution in [0.25, 0.3) is 11.3 Å². The van der Waals surface area contributed by atoms with Crippen molar-refractivity contribution in [1.82, 2.24) is 5.16 Å². The van der Waals surface area contributed by atoms with Gasteiger partial charge in [-0.05, 0) is 11.5 Å². The fourth-order valence-corrected chi connectivity index (χ4v) is 1.73. The van der Waals surface area contributed by atoms with E-state index in [0.717, 1.165) is 11.1 Å². The van der Waals surface area contributed by atoms with E-state index in [0.29, 0.717) is 11.7 Å². The van der Waals surface area contributed by atoms with Crippen molar-refractivity contribution in [2.75, 3.05) is 0 Å². The minimum absolute atomic E-state index is 0.0708. The van der Waals surface area contributed by atoms with E-state index in [-0.39, 0.29) is 5.69 Å². The minimum atomic E-state index is -1.08. The Labute approximate surface area is 98.9 Å². The first-order chi connectivity index (χ1) is 8.09. The van der Waals surface area contributed by atoms with E-state index in [1.165, 1.54) is 6.07 Å². The zero-order chi connectivity index (χ0) is 12.4. The Balaban J connectivity index is 2.48. The number of carbonyl (C=O) groups is 1. The lowest BCUT2D eigenvalue weighted by Crippen LogP contribution is -1.94. The van der Waals surface area contributed by atoms with Gasteiger partial charge in [0.05, 0.1) is 0 Å². The molecule has 1 aromatic carbocycles. The Morgan fingerprint density at radius 1 is 1.35 bits per heavy atom. The van der Waals surface area contributed by atoms with Crippen molar-refractivity contribution in [3.05, 3.63) is 41.6 Å². The second-order valence-electron chi connectivity index (χ2n) is 4.12. The van der Waals surface area contributed by atoms with Gasteiger partial charge < -0.3 is 9.63 Å². The largest absolute Gasteiger partial charge is 0.476 e. The van der Waals surface area contributed by atoms with Crippen LogP contribution in [0, 0.1) is 0 Å². The first-order valence-electron chi connectivity index (χ1n) is 5.39. The molecule has 0 spiro atoms. The average molecular weight is 231 g/mol. The van der Waals surface area contributed by atoms with Crippen LogP contribution in [0.15, 0.2) is 34.9 Å². The Bertz CT molecular complexity index is 543. The summed E-state index contributed by atoms with van der Waals surface area (Å²) in [4.78, 5) is 10.7. The quantitative estimate of drug-likeness (QED) is 0.881. The third kappa shape index (κ3) is 2.20. The summed E-state index contributed by atoms with van der Waals surface area (Å²) >= 11 is 0. The number of rotatable bonds is 3. The molecule has 4 heteroatoms. The van der Waals surface area contributed by atoms with Gasteiger partial charge >= 0.3 is 5.97 Å². The van der Waals surface area contributed by atoms with E-state index in [1.54, 1.807) is 0 Å². The summed E-state index contributed by atoms with van der Waals surface area (Å²) in [6, 6.07) is 9.20. The van der Waals surface area contributed by atoms with E-state index in [1.807, 2.05) is 24.3 Å². The number of hydrogen-bond acceptors (Lipinski definition) is 3. The minimum Gasteiger partial charge on any atom is -0.476 e. The lowest BCUT2D eigenvalue weighted by Gasteiger charge is -2.09. The van der Waals surface area contributed by atoms with Gasteiger partial charge in [0, 0.05) is 11.6 Å². The molecule has 4 nitrogen and oxygen atoms in total. The monoisotopic (exact) mass is 231 g/mol. The van der Waals surface area contributed by atoms with Gasteiger partial charge in [-0.1, -0.05) is 43.3 Å². The van der Waals surface area contributed by atoms with Crippen LogP contribution in [-0.4, -0.2) is 16.2 Å². The molecule has 0 radical (unpaired) electrons. The maximum Gasteiger partial charge on any atom is 0.358 e. The van der Waals surface area contributed by atoms with Crippen LogP contribution in [-0.2, 0) is 0 Å². The molecule has 1 heterocycles. The number of carboxylic acids is 1. The molecule has 1 N–H and O–H groups in total. The molecule has 0 fully saturated rings. The highest BCUT2D eigenvalue weighted by Crippen LogP contribution is 2.29.